The van der Waals surface area contributed by atoms with Gasteiger partial charge in [-0.25, -0.2) is 19.3 Å². The minimum Gasteiger partial charge on any atom is -0.480 e. The number of ether oxygens (including phenoxy) is 1. The van der Waals surface area contributed by atoms with E-state index in [0.29, 0.717) is 27.8 Å². The van der Waals surface area contributed by atoms with Gasteiger partial charge in [0, 0.05) is 41.4 Å². The molecule has 1 aliphatic carbocycles. The van der Waals surface area contributed by atoms with Gasteiger partial charge in [0.2, 0.25) is 5.88 Å². The van der Waals surface area contributed by atoms with Crippen molar-refractivity contribution in [3.05, 3.63) is 88.2 Å². The molecule has 0 saturated heterocycles. The molecular formula is C30H26F4N6O2. The van der Waals surface area contributed by atoms with Crippen LogP contribution in [0.15, 0.2) is 59.9 Å². The second kappa shape index (κ2) is 10.3. The molecule has 5 aromatic rings. The molecule has 4 aromatic heterocycles. The molecule has 0 N–H and O–H groups in total. The zero-order valence-electron chi connectivity index (χ0n) is 23.0. The van der Waals surface area contributed by atoms with Gasteiger partial charge in [-0.05, 0) is 38.3 Å². The molecule has 1 fully saturated rings. The van der Waals surface area contributed by atoms with Crippen molar-refractivity contribution >= 4 is 10.9 Å². The monoisotopic (exact) mass is 578 g/mol. The van der Waals surface area contributed by atoms with Gasteiger partial charge in [0.15, 0.2) is 11.5 Å². The predicted octanol–water partition coefficient (Wildman–Crippen LogP) is 6.39. The Labute approximate surface area is 237 Å². The third kappa shape index (κ3) is 4.90. The number of fused-ring (bicyclic) bond motifs is 1. The molecule has 1 aliphatic rings. The lowest BCUT2D eigenvalue weighted by Gasteiger charge is -2.16. The number of halogens is 4. The molecule has 0 radical (unpaired) electrons. The molecule has 4 heterocycles. The second-order valence-electron chi connectivity index (χ2n) is 10.5. The van der Waals surface area contributed by atoms with Crippen LogP contribution in [-0.2, 0) is 12.7 Å². The van der Waals surface area contributed by atoms with Gasteiger partial charge in [0.25, 0.3) is 5.56 Å². The largest absolute Gasteiger partial charge is 0.480 e. The van der Waals surface area contributed by atoms with Crippen LogP contribution < -0.4 is 10.3 Å². The molecule has 0 bridgehead atoms. The maximum atomic E-state index is 16.3. The normalized spacial score (nSPS) is 13.7. The van der Waals surface area contributed by atoms with Crippen LogP contribution in [0.2, 0.25) is 0 Å². The van der Waals surface area contributed by atoms with Crippen molar-refractivity contribution in [3.8, 4) is 28.5 Å². The van der Waals surface area contributed by atoms with Crippen LogP contribution >= 0.6 is 0 Å². The first-order chi connectivity index (χ1) is 20.1. The lowest BCUT2D eigenvalue weighted by atomic mass is 10.1. The maximum Gasteiger partial charge on any atom is 0.434 e. The number of alkyl halides is 3. The van der Waals surface area contributed by atoms with Crippen LogP contribution in [0.1, 0.15) is 55.6 Å². The Balaban J connectivity index is 1.41. The number of benzene rings is 1. The summed E-state index contributed by atoms with van der Waals surface area (Å²) < 4.78 is 64.6. The summed E-state index contributed by atoms with van der Waals surface area (Å²) in [6.07, 6.45) is 1.14. The topological polar surface area (TPSA) is 87.7 Å². The highest BCUT2D eigenvalue weighted by molar-refractivity contribution is 5.84. The molecule has 6 rings (SSSR count). The second-order valence-corrected chi connectivity index (χ2v) is 10.5. The molecule has 0 amide bonds. The third-order valence-electron chi connectivity index (χ3n) is 7.33. The molecular weight excluding hydrogens is 552 g/mol. The predicted molar refractivity (Wildman–Crippen MR) is 148 cm³/mol. The van der Waals surface area contributed by atoms with Gasteiger partial charge in [-0.15, -0.1) is 0 Å². The standard InChI is InChI=1S/C30H26F4N6O2/c1-16(2)39-14-21(30(32,33)34)38-28(39)19-6-4-17(5-7-19)13-40-22(41)11-10-20-12-35-26(24(31)27(20)40)23-25(18-8-9-18)36-15-37-29(23)42-3/h4-7,10-12,14-16,18H,8-9,13H2,1-3H3. The fraction of sp³-hybridized carbons (Fsp3) is 0.300. The van der Waals surface area contributed by atoms with Crippen LogP contribution in [0.3, 0.4) is 0 Å². The van der Waals surface area contributed by atoms with Crippen molar-refractivity contribution in [2.75, 3.05) is 7.11 Å². The van der Waals surface area contributed by atoms with Crippen molar-refractivity contribution in [2.45, 2.75) is 51.4 Å². The lowest BCUT2D eigenvalue weighted by molar-refractivity contribution is -0.140. The van der Waals surface area contributed by atoms with E-state index in [1.165, 1.54) is 40.9 Å². The van der Waals surface area contributed by atoms with E-state index in [4.69, 9.17) is 4.74 Å². The average Bonchev–Trinajstić information content (AvgIpc) is 3.70. The number of rotatable bonds is 7. The highest BCUT2D eigenvalue weighted by Crippen LogP contribution is 2.46. The van der Waals surface area contributed by atoms with Gasteiger partial charge in [-0.3, -0.25) is 9.78 Å². The molecule has 216 valence electrons. The summed E-state index contributed by atoms with van der Waals surface area (Å²) in [7, 11) is 1.44. The van der Waals surface area contributed by atoms with Crippen LogP contribution in [0, 0.1) is 5.82 Å². The highest BCUT2D eigenvalue weighted by Gasteiger charge is 2.35. The molecule has 1 saturated carbocycles. The van der Waals surface area contributed by atoms with Crippen LogP contribution in [0.5, 0.6) is 5.88 Å². The summed E-state index contributed by atoms with van der Waals surface area (Å²) in [6, 6.07) is 9.27. The van der Waals surface area contributed by atoms with E-state index in [0.717, 1.165) is 19.0 Å². The average molecular weight is 579 g/mol. The number of nitrogens with zero attached hydrogens (tertiary/aromatic N) is 6. The van der Waals surface area contributed by atoms with Crippen LogP contribution in [0.25, 0.3) is 33.5 Å². The number of methoxy groups -OCH3 is 1. The van der Waals surface area contributed by atoms with E-state index in [9.17, 15) is 18.0 Å². The fourth-order valence-electron chi connectivity index (χ4n) is 5.08. The lowest BCUT2D eigenvalue weighted by Crippen LogP contribution is -2.21. The fourth-order valence-corrected chi connectivity index (χ4v) is 5.08. The summed E-state index contributed by atoms with van der Waals surface area (Å²) in [4.78, 5) is 29.8. The van der Waals surface area contributed by atoms with E-state index in [1.54, 1.807) is 38.1 Å². The van der Waals surface area contributed by atoms with Gasteiger partial charge in [-0.1, -0.05) is 24.3 Å². The molecule has 0 spiro atoms. The minimum absolute atomic E-state index is 0.00228. The Hall–Kier alpha value is -4.61. The first-order valence-corrected chi connectivity index (χ1v) is 13.4. The summed E-state index contributed by atoms with van der Waals surface area (Å²) in [6.45, 7) is 3.56. The number of hydrogen-bond donors (Lipinski definition) is 0. The van der Waals surface area contributed by atoms with Gasteiger partial charge in [0.05, 0.1) is 30.4 Å². The first kappa shape index (κ1) is 27.6. The van der Waals surface area contributed by atoms with Crippen molar-refractivity contribution in [2.24, 2.45) is 0 Å². The minimum atomic E-state index is -4.57. The van der Waals surface area contributed by atoms with Crippen molar-refractivity contribution in [1.82, 2.24) is 29.1 Å². The van der Waals surface area contributed by atoms with Gasteiger partial charge >= 0.3 is 6.18 Å². The van der Waals surface area contributed by atoms with Crippen molar-refractivity contribution in [1.29, 1.82) is 0 Å². The molecule has 1 aromatic carbocycles. The molecule has 0 atom stereocenters. The Morgan fingerprint density at radius 1 is 1.05 bits per heavy atom. The Morgan fingerprint density at radius 3 is 2.43 bits per heavy atom. The number of aromatic nitrogens is 6. The zero-order chi connectivity index (χ0) is 29.8. The first-order valence-electron chi connectivity index (χ1n) is 13.4. The number of imidazole rings is 1. The Bertz CT molecular complexity index is 1860. The van der Waals surface area contributed by atoms with Gasteiger partial charge in [-0.2, -0.15) is 13.2 Å². The maximum absolute atomic E-state index is 16.3. The van der Waals surface area contributed by atoms with Crippen molar-refractivity contribution < 1.29 is 22.3 Å². The van der Waals surface area contributed by atoms with E-state index in [2.05, 4.69) is 19.9 Å². The van der Waals surface area contributed by atoms with E-state index < -0.39 is 23.2 Å². The Kier molecular flexibility index (Phi) is 6.78. The van der Waals surface area contributed by atoms with Gasteiger partial charge < -0.3 is 13.9 Å². The highest BCUT2D eigenvalue weighted by atomic mass is 19.4. The molecule has 0 unspecified atom stereocenters. The smallest absolute Gasteiger partial charge is 0.434 e. The number of hydrogen-bond acceptors (Lipinski definition) is 6. The SMILES string of the molecule is COc1ncnc(C2CC2)c1-c1ncc2ccc(=O)n(Cc3ccc(-c4nc(C(F)(F)F)cn4C(C)C)cc3)c2c1F. The van der Waals surface area contributed by atoms with Crippen molar-refractivity contribution in [3.63, 3.8) is 0 Å². The summed E-state index contributed by atoms with van der Waals surface area (Å²) >= 11 is 0. The third-order valence-corrected chi connectivity index (χ3v) is 7.33. The molecule has 8 nitrogen and oxygen atoms in total. The van der Waals surface area contributed by atoms with E-state index >= 15 is 4.39 Å². The van der Waals surface area contributed by atoms with Crippen LogP contribution in [-0.4, -0.2) is 36.2 Å². The molecule has 0 aliphatic heterocycles. The van der Waals surface area contributed by atoms with E-state index in [1.807, 2.05) is 0 Å². The summed E-state index contributed by atoms with van der Waals surface area (Å²) in [5.41, 5.74) is 0.814. The number of pyridine rings is 2. The Morgan fingerprint density at radius 2 is 1.79 bits per heavy atom. The summed E-state index contributed by atoms with van der Waals surface area (Å²) in [5, 5.41) is 0.426. The zero-order valence-corrected chi connectivity index (χ0v) is 23.0. The van der Waals surface area contributed by atoms with Gasteiger partial charge in [0.1, 0.15) is 17.8 Å². The van der Waals surface area contributed by atoms with Crippen LogP contribution in [0.4, 0.5) is 17.6 Å². The summed E-state index contributed by atoms with van der Waals surface area (Å²) in [5.74, 6) is -0.163. The van der Waals surface area contributed by atoms with E-state index in [-0.39, 0.29) is 41.4 Å². The molecule has 42 heavy (non-hydrogen) atoms. The molecule has 12 heteroatoms. The quantitative estimate of drug-likeness (QED) is 0.208.